The molecule has 2 rings (SSSR count). The minimum atomic E-state index is -0.980. The van der Waals surface area contributed by atoms with E-state index in [0.717, 1.165) is 18.4 Å². The first-order valence-corrected chi connectivity index (χ1v) is 18.6. The number of nitrogens with zero attached hydrogens (tertiary/aromatic N) is 1. The van der Waals surface area contributed by atoms with E-state index in [1.54, 1.807) is 39.9 Å². The quantitative estimate of drug-likeness (QED) is 0.115. The van der Waals surface area contributed by atoms with Crippen LogP contribution in [0.3, 0.4) is 0 Å². The van der Waals surface area contributed by atoms with Crippen LogP contribution in [0.1, 0.15) is 108 Å². The van der Waals surface area contributed by atoms with E-state index in [4.69, 9.17) is 28.4 Å². The fourth-order valence-corrected chi connectivity index (χ4v) is 6.52. The molecule has 0 unspecified atom stereocenters. The molecule has 51 heavy (non-hydrogen) atoms. The molecular weight excluding hydrogens is 652 g/mol. The normalized spacial score (nSPS) is 18.8. The van der Waals surface area contributed by atoms with Crippen molar-refractivity contribution < 1.29 is 42.8 Å². The van der Waals surface area contributed by atoms with Gasteiger partial charge >= 0.3 is 12.1 Å². The van der Waals surface area contributed by atoms with Gasteiger partial charge in [0, 0.05) is 32.6 Å². The molecule has 1 aromatic carbocycles. The number of hydrogen-bond acceptors (Lipinski definition) is 9. The van der Waals surface area contributed by atoms with Crippen molar-refractivity contribution in [2.45, 2.75) is 132 Å². The summed E-state index contributed by atoms with van der Waals surface area (Å²) in [6.45, 7) is 24.6. The molecule has 0 bridgehead atoms. The fourth-order valence-electron chi connectivity index (χ4n) is 6.52. The number of amides is 2. The van der Waals surface area contributed by atoms with Gasteiger partial charge in [-0.3, -0.25) is 14.5 Å². The number of nitrogens with one attached hydrogen (secondary N) is 1. The molecule has 1 aromatic rings. The lowest BCUT2D eigenvalue weighted by atomic mass is 9.80. The molecule has 2 amide bonds. The van der Waals surface area contributed by atoms with E-state index in [0.29, 0.717) is 37.6 Å². The molecule has 0 aliphatic carbocycles. The van der Waals surface area contributed by atoms with Gasteiger partial charge in [-0.05, 0) is 110 Å². The number of benzene rings is 1. The van der Waals surface area contributed by atoms with Gasteiger partial charge in [-0.15, -0.1) is 0 Å². The highest BCUT2D eigenvalue weighted by molar-refractivity contribution is 5.81. The van der Waals surface area contributed by atoms with Crippen molar-refractivity contribution in [3.8, 4) is 11.5 Å². The Morgan fingerprint density at radius 3 is 2.18 bits per heavy atom. The van der Waals surface area contributed by atoms with Crippen LogP contribution in [0.5, 0.6) is 11.5 Å². The van der Waals surface area contributed by atoms with E-state index in [1.165, 1.54) is 0 Å². The Labute approximate surface area is 307 Å². The first-order chi connectivity index (χ1) is 23.7. The largest absolute Gasteiger partial charge is 0.493 e. The van der Waals surface area contributed by atoms with Gasteiger partial charge in [0.2, 0.25) is 5.91 Å². The van der Waals surface area contributed by atoms with Crippen LogP contribution < -0.4 is 14.8 Å². The van der Waals surface area contributed by atoms with Crippen molar-refractivity contribution in [1.29, 1.82) is 0 Å². The number of carbonyl (C=O) groups is 3. The van der Waals surface area contributed by atoms with Gasteiger partial charge in [0.05, 0.1) is 37.9 Å². The van der Waals surface area contributed by atoms with Crippen molar-refractivity contribution in [3.63, 3.8) is 0 Å². The van der Waals surface area contributed by atoms with E-state index in [2.05, 4.69) is 25.2 Å². The predicted octanol–water partition coefficient (Wildman–Crippen LogP) is 7.42. The van der Waals surface area contributed by atoms with Crippen LogP contribution in [-0.4, -0.2) is 86.9 Å². The number of hydrogen-bond donors (Lipinski definition) is 1. The molecule has 1 fully saturated rings. The Morgan fingerprint density at radius 2 is 1.63 bits per heavy atom. The zero-order valence-electron chi connectivity index (χ0n) is 34.0. The molecule has 1 aliphatic heterocycles. The average Bonchev–Trinajstić information content (AvgIpc) is 3.28. The molecule has 1 heterocycles. The summed E-state index contributed by atoms with van der Waals surface area (Å²) in [4.78, 5) is 42.0. The van der Waals surface area contributed by atoms with Gasteiger partial charge in [0.25, 0.3) is 0 Å². The topological polar surface area (TPSA) is 122 Å². The smallest absolute Gasteiger partial charge is 0.412 e. The minimum Gasteiger partial charge on any atom is -0.493 e. The summed E-state index contributed by atoms with van der Waals surface area (Å²) in [5.41, 5.74) is -1.47. The molecule has 0 radical (unpaired) electrons. The summed E-state index contributed by atoms with van der Waals surface area (Å²) >= 11 is 0. The van der Waals surface area contributed by atoms with E-state index in [9.17, 15) is 14.4 Å². The number of carbonyl (C=O) groups excluding carboxylic acids is 3. The Morgan fingerprint density at radius 1 is 0.961 bits per heavy atom. The van der Waals surface area contributed by atoms with Crippen LogP contribution >= 0.6 is 0 Å². The van der Waals surface area contributed by atoms with Gasteiger partial charge < -0.3 is 33.7 Å². The summed E-state index contributed by atoms with van der Waals surface area (Å²) in [5.74, 6) is 0.787. The summed E-state index contributed by atoms with van der Waals surface area (Å²) in [7, 11) is 3.30. The van der Waals surface area contributed by atoms with Crippen LogP contribution in [-0.2, 0) is 35.0 Å². The summed E-state index contributed by atoms with van der Waals surface area (Å²) < 4.78 is 34.7. The second-order valence-corrected chi connectivity index (χ2v) is 16.6. The summed E-state index contributed by atoms with van der Waals surface area (Å²) in [6, 6.07) is 5.67. The molecule has 4 atom stereocenters. The molecule has 292 valence electrons. The van der Waals surface area contributed by atoms with Crippen molar-refractivity contribution in [2.75, 3.05) is 40.6 Å². The molecule has 0 saturated carbocycles. The van der Waals surface area contributed by atoms with Crippen LogP contribution in [0.25, 0.3) is 0 Å². The Balaban J connectivity index is 2.45. The van der Waals surface area contributed by atoms with Gasteiger partial charge in [-0.25, -0.2) is 4.79 Å². The monoisotopic (exact) mass is 720 g/mol. The molecular formula is C40H68N2O9. The number of esters is 1. The van der Waals surface area contributed by atoms with E-state index < -0.39 is 34.9 Å². The van der Waals surface area contributed by atoms with Crippen LogP contribution in [0.4, 0.5) is 4.79 Å². The van der Waals surface area contributed by atoms with Crippen LogP contribution in [0, 0.1) is 29.1 Å². The number of rotatable bonds is 19. The Bertz CT molecular complexity index is 1270. The zero-order valence-corrected chi connectivity index (χ0v) is 34.0. The van der Waals surface area contributed by atoms with Gasteiger partial charge in [-0.2, -0.15) is 0 Å². The highest BCUT2D eigenvalue weighted by atomic mass is 16.6. The van der Waals surface area contributed by atoms with Gasteiger partial charge in [0.15, 0.2) is 11.5 Å². The molecule has 1 aliphatic rings. The van der Waals surface area contributed by atoms with E-state index >= 15 is 0 Å². The second kappa shape index (κ2) is 19.1. The molecule has 0 aromatic heterocycles. The van der Waals surface area contributed by atoms with Gasteiger partial charge in [0.1, 0.15) is 11.3 Å². The predicted molar refractivity (Wildman–Crippen MR) is 199 cm³/mol. The Kier molecular flexibility index (Phi) is 16.6. The summed E-state index contributed by atoms with van der Waals surface area (Å²) in [5, 5.41) is 3.02. The van der Waals surface area contributed by atoms with Gasteiger partial charge in [-0.1, -0.05) is 33.8 Å². The SMILES string of the molecule is CCOC(=O)C(C)(C)CNC(=O)[C@@H](C[C@@H]1OC(C)(C)N(C(=O)OC(C)(C)C)[C@H]1C[C@H](Cc1ccc(OC)c(OCCCOC)c1)C(C)C)C(C)C. The molecule has 0 spiro atoms. The maximum atomic E-state index is 13.9. The maximum Gasteiger partial charge on any atom is 0.412 e. The fraction of sp³-hybridized carbons (Fsp3) is 0.775. The van der Waals surface area contributed by atoms with E-state index in [-0.39, 0.29) is 48.8 Å². The third-order valence-corrected chi connectivity index (χ3v) is 9.49. The molecule has 11 nitrogen and oxygen atoms in total. The zero-order chi connectivity index (χ0) is 38.7. The third-order valence-electron chi connectivity index (χ3n) is 9.49. The van der Waals surface area contributed by atoms with Crippen molar-refractivity contribution in [1.82, 2.24) is 10.2 Å². The third kappa shape index (κ3) is 13.1. The summed E-state index contributed by atoms with van der Waals surface area (Å²) in [6.07, 6.45) is 1.63. The Hall–Kier alpha value is -3.05. The van der Waals surface area contributed by atoms with Crippen LogP contribution in [0.2, 0.25) is 0 Å². The molecule has 1 saturated heterocycles. The lowest BCUT2D eigenvalue weighted by Crippen LogP contribution is -2.51. The van der Waals surface area contributed by atoms with Crippen molar-refractivity contribution in [2.24, 2.45) is 29.1 Å². The van der Waals surface area contributed by atoms with Crippen molar-refractivity contribution in [3.05, 3.63) is 23.8 Å². The molecule has 1 N–H and O–H groups in total. The van der Waals surface area contributed by atoms with Crippen molar-refractivity contribution >= 4 is 18.0 Å². The number of ether oxygens (including phenoxy) is 6. The molecule has 11 heteroatoms. The van der Waals surface area contributed by atoms with E-state index in [1.807, 2.05) is 60.6 Å². The minimum absolute atomic E-state index is 0.0267. The standard InChI is InChI=1S/C40H68N2O9/c1-15-48-36(44)39(9,10)25-41-35(43)30(27(4)5)24-33-31(42(40(11,12)50-33)37(45)51-38(6,7)8)23-29(26(2)3)21-28-17-18-32(47-14)34(22-28)49-20-16-19-46-13/h17-18,22,26-27,29-31,33H,15-16,19-21,23-25H2,1-14H3,(H,41,43)/t29-,30-,31-,33-/m0/s1. The highest BCUT2D eigenvalue weighted by Gasteiger charge is 2.52. The lowest BCUT2D eigenvalue weighted by molar-refractivity contribution is -0.153. The lowest BCUT2D eigenvalue weighted by Gasteiger charge is -2.37. The maximum absolute atomic E-state index is 13.9. The first-order valence-electron chi connectivity index (χ1n) is 18.6. The highest BCUT2D eigenvalue weighted by Crippen LogP contribution is 2.42. The number of methoxy groups -OCH3 is 2. The first kappa shape index (κ1) is 44.1. The second-order valence-electron chi connectivity index (χ2n) is 16.6. The average molecular weight is 721 g/mol. The van der Waals surface area contributed by atoms with Crippen LogP contribution in [0.15, 0.2) is 18.2 Å².